The first kappa shape index (κ1) is 18.0. The van der Waals surface area contributed by atoms with E-state index in [1.807, 2.05) is 32.0 Å². The molecular weight excluding hydrogens is 338 g/mol. The van der Waals surface area contributed by atoms with Gasteiger partial charge in [-0.3, -0.25) is 14.9 Å². The number of rotatable bonds is 5. The Hall–Kier alpha value is -2.77. The fourth-order valence-electron chi connectivity index (χ4n) is 2.86. The molecule has 8 heteroatoms. The van der Waals surface area contributed by atoms with Crippen molar-refractivity contribution >= 4 is 17.8 Å². The van der Waals surface area contributed by atoms with E-state index < -0.39 is 6.03 Å². The third-order valence-corrected chi connectivity index (χ3v) is 4.53. The highest BCUT2D eigenvalue weighted by Gasteiger charge is 2.27. The third-order valence-electron chi connectivity index (χ3n) is 4.53. The van der Waals surface area contributed by atoms with E-state index in [-0.39, 0.29) is 36.7 Å². The van der Waals surface area contributed by atoms with Gasteiger partial charge >= 0.3 is 6.03 Å². The molecule has 2 aliphatic heterocycles. The first-order chi connectivity index (χ1) is 12.3. The first-order valence-electron chi connectivity index (χ1n) is 8.61. The number of hydrogen-bond donors (Lipinski definition) is 2. The van der Waals surface area contributed by atoms with Crippen LogP contribution in [-0.2, 0) is 15.0 Å². The molecule has 1 fully saturated rings. The number of amides is 4. The molecule has 26 heavy (non-hydrogen) atoms. The molecule has 0 atom stereocenters. The number of carbonyl (C=O) groups excluding carboxylic acids is 3. The monoisotopic (exact) mass is 361 g/mol. The second-order valence-electron chi connectivity index (χ2n) is 7.04. The average molecular weight is 361 g/mol. The molecule has 0 bridgehead atoms. The van der Waals surface area contributed by atoms with Crippen LogP contribution < -0.4 is 20.1 Å². The van der Waals surface area contributed by atoms with Crippen LogP contribution >= 0.6 is 0 Å². The predicted octanol–water partition coefficient (Wildman–Crippen LogP) is 0.793. The highest BCUT2D eigenvalue weighted by atomic mass is 16.6. The van der Waals surface area contributed by atoms with Crippen molar-refractivity contribution in [2.24, 2.45) is 0 Å². The Morgan fingerprint density at radius 3 is 2.69 bits per heavy atom. The highest BCUT2D eigenvalue weighted by molar-refractivity contribution is 5.98. The highest BCUT2D eigenvalue weighted by Crippen LogP contribution is 2.34. The lowest BCUT2D eigenvalue weighted by atomic mass is 9.84. The molecule has 4 amide bonds. The number of imide groups is 1. The molecule has 0 spiro atoms. The lowest BCUT2D eigenvalue weighted by Gasteiger charge is -2.29. The second-order valence-corrected chi connectivity index (χ2v) is 7.04. The van der Waals surface area contributed by atoms with Crippen LogP contribution in [0.25, 0.3) is 0 Å². The quantitative estimate of drug-likeness (QED) is 0.808. The number of ether oxygens (including phenoxy) is 2. The summed E-state index contributed by atoms with van der Waals surface area (Å²) in [5, 5.41) is 5.07. The van der Waals surface area contributed by atoms with Crippen molar-refractivity contribution in [1.29, 1.82) is 0 Å². The molecule has 2 aliphatic rings. The van der Waals surface area contributed by atoms with Gasteiger partial charge in [0.25, 0.3) is 0 Å². The summed E-state index contributed by atoms with van der Waals surface area (Å²) in [6.45, 7) is 5.69. The standard InChI is InChI=1S/C18H23N3O5/c1-18(2,12-3-4-13-14(9-12)26-8-7-25-13)11-19-16(23)10-21-6-5-15(22)20-17(21)24/h3-4,9H,5-8,10-11H2,1-2H3,(H,19,23)(H,20,22,24). The van der Waals surface area contributed by atoms with Crippen molar-refractivity contribution in [3.63, 3.8) is 0 Å². The molecule has 0 saturated carbocycles. The Balaban J connectivity index is 1.56. The van der Waals surface area contributed by atoms with Gasteiger partial charge in [0.05, 0.1) is 0 Å². The van der Waals surface area contributed by atoms with Crippen LogP contribution in [-0.4, -0.2) is 55.6 Å². The summed E-state index contributed by atoms with van der Waals surface area (Å²) in [5.41, 5.74) is 0.689. The van der Waals surface area contributed by atoms with Gasteiger partial charge in [0.1, 0.15) is 19.8 Å². The average Bonchev–Trinajstić information content (AvgIpc) is 2.62. The van der Waals surface area contributed by atoms with Gasteiger partial charge in [-0.15, -0.1) is 0 Å². The van der Waals surface area contributed by atoms with E-state index in [1.54, 1.807) is 0 Å². The normalized spacial score (nSPS) is 16.9. The molecule has 8 nitrogen and oxygen atoms in total. The van der Waals surface area contributed by atoms with Gasteiger partial charge in [0.15, 0.2) is 11.5 Å². The smallest absolute Gasteiger partial charge is 0.324 e. The van der Waals surface area contributed by atoms with Crippen molar-refractivity contribution in [1.82, 2.24) is 15.5 Å². The van der Waals surface area contributed by atoms with Crippen molar-refractivity contribution in [3.8, 4) is 11.5 Å². The van der Waals surface area contributed by atoms with E-state index >= 15 is 0 Å². The molecular formula is C18H23N3O5. The third kappa shape index (κ3) is 4.07. The molecule has 1 saturated heterocycles. The second kappa shape index (κ2) is 7.23. The van der Waals surface area contributed by atoms with Crippen molar-refractivity contribution < 1.29 is 23.9 Å². The van der Waals surface area contributed by atoms with Gasteiger partial charge in [0, 0.05) is 24.9 Å². The van der Waals surface area contributed by atoms with Crippen molar-refractivity contribution in [3.05, 3.63) is 23.8 Å². The molecule has 2 heterocycles. The fourth-order valence-corrected chi connectivity index (χ4v) is 2.86. The summed E-state index contributed by atoms with van der Waals surface area (Å²) in [6, 6.07) is 5.25. The molecule has 1 aromatic carbocycles. The fraction of sp³-hybridized carbons (Fsp3) is 0.500. The Kier molecular flexibility index (Phi) is 5.01. The predicted molar refractivity (Wildman–Crippen MR) is 93.2 cm³/mol. The molecule has 0 unspecified atom stereocenters. The SMILES string of the molecule is CC(C)(CNC(=O)CN1CCC(=O)NC1=O)c1ccc2c(c1)OCCO2. The molecule has 3 rings (SSSR count). The zero-order valence-corrected chi connectivity index (χ0v) is 15.0. The molecule has 2 N–H and O–H groups in total. The van der Waals surface area contributed by atoms with Crippen LogP contribution in [0, 0.1) is 0 Å². The summed E-state index contributed by atoms with van der Waals surface area (Å²) in [5.74, 6) is 0.861. The van der Waals surface area contributed by atoms with Gasteiger partial charge in [-0.2, -0.15) is 0 Å². The molecule has 140 valence electrons. The van der Waals surface area contributed by atoms with Crippen LogP contribution in [0.15, 0.2) is 18.2 Å². The van der Waals surface area contributed by atoms with Crippen LogP contribution in [0.5, 0.6) is 11.5 Å². The number of urea groups is 1. The van der Waals surface area contributed by atoms with E-state index in [0.29, 0.717) is 25.5 Å². The minimum atomic E-state index is -0.525. The zero-order valence-electron chi connectivity index (χ0n) is 15.0. The number of benzene rings is 1. The van der Waals surface area contributed by atoms with Crippen LogP contribution in [0.2, 0.25) is 0 Å². The van der Waals surface area contributed by atoms with Crippen molar-refractivity contribution in [2.75, 3.05) is 32.8 Å². The Bertz CT molecular complexity index is 732. The van der Waals surface area contributed by atoms with Gasteiger partial charge in [0.2, 0.25) is 11.8 Å². The maximum Gasteiger partial charge on any atom is 0.324 e. The van der Waals surface area contributed by atoms with Crippen molar-refractivity contribution in [2.45, 2.75) is 25.7 Å². The number of nitrogens with zero attached hydrogens (tertiary/aromatic N) is 1. The number of hydrogen-bond acceptors (Lipinski definition) is 5. The molecule has 1 aromatic rings. The zero-order chi connectivity index (χ0) is 18.7. The maximum absolute atomic E-state index is 12.2. The molecule has 0 radical (unpaired) electrons. The largest absolute Gasteiger partial charge is 0.486 e. The minimum Gasteiger partial charge on any atom is -0.486 e. The summed E-state index contributed by atoms with van der Waals surface area (Å²) in [4.78, 5) is 36.3. The Labute approximate surface area is 151 Å². The van der Waals surface area contributed by atoms with Gasteiger partial charge in [-0.25, -0.2) is 4.79 Å². The van der Waals surface area contributed by atoms with Crippen LogP contribution in [0.1, 0.15) is 25.8 Å². The summed E-state index contributed by atoms with van der Waals surface area (Å²) in [7, 11) is 0. The lowest BCUT2D eigenvalue weighted by Crippen LogP contribution is -2.53. The van der Waals surface area contributed by atoms with E-state index in [2.05, 4.69) is 10.6 Å². The number of nitrogens with one attached hydrogen (secondary N) is 2. The number of carbonyl (C=O) groups is 3. The van der Waals surface area contributed by atoms with Crippen LogP contribution in [0.4, 0.5) is 4.79 Å². The van der Waals surface area contributed by atoms with E-state index in [9.17, 15) is 14.4 Å². The first-order valence-corrected chi connectivity index (χ1v) is 8.61. The lowest BCUT2D eigenvalue weighted by molar-refractivity contribution is -0.125. The van der Waals surface area contributed by atoms with E-state index in [4.69, 9.17) is 9.47 Å². The summed E-state index contributed by atoms with van der Waals surface area (Å²) >= 11 is 0. The van der Waals surface area contributed by atoms with Gasteiger partial charge in [-0.05, 0) is 17.7 Å². The summed E-state index contributed by atoms with van der Waals surface area (Å²) < 4.78 is 11.1. The maximum atomic E-state index is 12.2. The molecule has 0 aliphatic carbocycles. The van der Waals surface area contributed by atoms with Crippen LogP contribution in [0.3, 0.4) is 0 Å². The van der Waals surface area contributed by atoms with E-state index in [0.717, 1.165) is 11.3 Å². The molecule has 0 aromatic heterocycles. The van der Waals surface area contributed by atoms with Gasteiger partial charge in [-0.1, -0.05) is 19.9 Å². The topological polar surface area (TPSA) is 97.0 Å². The minimum absolute atomic E-state index is 0.0731. The summed E-state index contributed by atoms with van der Waals surface area (Å²) in [6.07, 6.45) is 0.210. The van der Waals surface area contributed by atoms with Gasteiger partial charge < -0.3 is 19.7 Å². The number of fused-ring (bicyclic) bond motifs is 1. The van der Waals surface area contributed by atoms with E-state index in [1.165, 1.54) is 4.90 Å². The Morgan fingerprint density at radius 2 is 1.96 bits per heavy atom. The Morgan fingerprint density at radius 1 is 1.23 bits per heavy atom.